The van der Waals surface area contributed by atoms with Gasteiger partial charge in [-0.05, 0) is 36.9 Å². The number of nitrogens with two attached hydrogens (primary N) is 1. The van der Waals surface area contributed by atoms with E-state index >= 15 is 0 Å². The summed E-state index contributed by atoms with van der Waals surface area (Å²) in [5, 5.41) is 2.43. The van der Waals surface area contributed by atoms with E-state index in [0.29, 0.717) is 18.7 Å². The first-order chi connectivity index (χ1) is 9.25. The molecule has 0 aliphatic rings. The lowest BCUT2D eigenvalue weighted by Crippen LogP contribution is -2.20. The van der Waals surface area contributed by atoms with Crippen molar-refractivity contribution in [3.63, 3.8) is 0 Å². The summed E-state index contributed by atoms with van der Waals surface area (Å²) < 4.78 is 13.2. The van der Waals surface area contributed by atoms with Crippen molar-refractivity contribution in [2.45, 2.75) is 33.1 Å². The lowest BCUT2D eigenvalue weighted by atomic mass is 9.84. The molecular formula is C14H19Cl2FN2O. The smallest absolute Gasteiger partial charge is 0.224 e. The summed E-state index contributed by atoms with van der Waals surface area (Å²) >= 11 is 11.3. The zero-order valence-corrected chi connectivity index (χ0v) is 13.1. The Morgan fingerprint density at radius 3 is 2.35 bits per heavy atom. The molecule has 3 nitrogen and oxygen atoms in total. The number of nitrogens with one attached hydrogen (secondary N) is 1. The highest BCUT2D eigenvalue weighted by Crippen LogP contribution is 2.28. The molecule has 1 rings (SSSR count). The van der Waals surface area contributed by atoms with Crippen LogP contribution < -0.4 is 11.1 Å². The molecule has 0 saturated carbocycles. The van der Waals surface area contributed by atoms with Crippen molar-refractivity contribution < 1.29 is 9.18 Å². The van der Waals surface area contributed by atoms with Crippen LogP contribution in [0.25, 0.3) is 0 Å². The predicted molar refractivity (Wildman–Crippen MR) is 81.7 cm³/mol. The Morgan fingerprint density at radius 1 is 1.30 bits per heavy atom. The molecule has 0 unspecified atom stereocenters. The number of rotatable bonds is 6. The SMILES string of the molecule is CC(C)(CCN)CCC(=O)Nc1cc(Cl)c(F)c(Cl)c1. The van der Waals surface area contributed by atoms with E-state index in [4.69, 9.17) is 28.9 Å². The zero-order chi connectivity index (χ0) is 15.3. The molecule has 1 amide bonds. The van der Waals surface area contributed by atoms with Gasteiger partial charge in [0.05, 0.1) is 10.0 Å². The molecule has 3 N–H and O–H groups in total. The molecule has 0 radical (unpaired) electrons. The summed E-state index contributed by atoms with van der Waals surface area (Å²) in [6.07, 6.45) is 1.94. The normalized spacial score (nSPS) is 11.5. The average molecular weight is 321 g/mol. The molecule has 1 aromatic rings. The standard InChI is InChI=1S/C14H19Cl2FN2O/c1-14(2,5-6-18)4-3-12(20)19-9-7-10(15)13(17)11(16)8-9/h7-8H,3-6,18H2,1-2H3,(H,19,20). The van der Waals surface area contributed by atoms with Crippen LogP contribution >= 0.6 is 23.2 Å². The second-order valence-corrected chi connectivity index (χ2v) is 6.32. The summed E-state index contributed by atoms with van der Waals surface area (Å²) in [5.74, 6) is -0.843. The van der Waals surface area contributed by atoms with Crippen molar-refractivity contribution in [2.75, 3.05) is 11.9 Å². The van der Waals surface area contributed by atoms with Crippen LogP contribution in [0, 0.1) is 11.2 Å². The summed E-state index contributed by atoms with van der Waals surface area (Å²) in [7, 11) is 0. The maximum absolute atomic E-state index is 13.2. The number of carbonyl (C=O) groups excluding carboxylic acids is 1. The minimum Gasteiger partial charge on any atom is -0.330 e. The minimum atomic E-state index is -0.685. The van der Waals surface area contributed by atoms with Gasteiger partial charge in [0.2, 0.25) is 5.91 Å². The Labute approximate surface area is 128 Å². The second-order valence-electron chi connectivity index (χ2n) is 5.50. The molecular weight excluding hydrogens is 302 g/mol. The summed E-state index contributed by atoms with van der Waals surface area (Å²) in [5.41, 5.74) is 5.94. The van der Waals surface area contributed by atoms with E-state index in [-0.39, 0.29) is 21.4 Å². The number of benzene rings is 1. The first-order valence-electron chi connectivity index (χ1n) is 6.39. The molecule has 0 aliphatic carbocycles. The molecule has 112 valence electrons. The van der Waals surface area contributed by atoms with Gasteiger partial charge in [-0.25, -0.2) is 4.39 Å². The van der Waals surface area contributed by atoms with Crippen LogP contribution in [0.15, 0.2) is 12.1 Å². The topological polar surface area (TPSA) is 55.1 Å². The minimum absolute atomic E-state index is 0.0180. The Hall–Kier alpha value is -0.840. The van der Waals surface area contributed by atoms with Gasteiger partial charge >= 0.3 is 0 Å². The third-order valence-electron chi connectivity index (χ3n) is 3.12. The molecule has 0 bridgehead atoms. The van der Waals surface area contributed by atoms with Gasteiger partial charge in [0.1, 0.15) is 0 Å². The van der Waals surface area contributed by atoms with E-state index < -0.39 is 5.82 Å². The average Bonchev–Trinajstić information content (AvgIpc) is 2.33. The van der Waals surface area contributed by atoms with Crippen LogP contribution in [-0.2, 0) is 4.79 Å². The molecule has 0 aliphatic heterocycles. The van der Waals surface area contributed by atoms with Crippen LogP contribution in [-0.4, -0.2) is 12.5 Å². The number of hydrogen-bond acceptors (Lipinski definition) is 2. The molecule has 0 spiro atoms. The zero-order valence-electron chi connectivity index (χ0n) is 11.6. The van der Waals surface area contributed by atoms with Crippen molar-refractivity contribution >= 4 is 34.8 Å². The lowest BCUT2D eigenvalue weighted by Gasteiger charge is -2.23. The monoisotopic (exact) mass is 320 g/mol. The van der Waals surface area contributed by atoms with E-state index in [0.717, 1.165) is 12.8 Å². The van der Waals surface area contributed by atoms with Gasteiger partial charge in [0.15, 0.2) is 5.82 Å². The molecule has 0 fully saturated rings. The van der Waals surface area contributed by atoms with Gasteiger partial charge in [-0.15, -0.1) is 0 Å². The van der Waals surface area contributed by atoms with Crippen LogP contribution in [0.2, 0.25) is 10.0 Å². The first kappa shape index (κ1) is 17.2. The summed E-state index contributed by atoms with van der Waals surface area (Å²) in [4.78, 5) is 11.8. The van der Waals surface area contributed by atoms with Gasteiger partial charge in [0.25, 0.3) is 0 Å². The highest BCUT2D eigenvalue weighted by Gasteiger charge is 2.18. The molecule has 20 heavy (non-hydrogen) atoms. The highest BCUT2D eigenvalue weighted by molar-refractivity contribution is 6.35. The maximum Gasteiger partial charge on any atom is 0.224 e. The number of hydrogen-bond donors (Lipinski definition) is 2. The molecule has 1 aromatic carbocycles. The number of anilines is 1. The first-order valence-corrected chi connectivity index (χ1v) is 7.15. The second kappa shape index (κ2) is 7.25. The lowest BCUT2D eigenvalue weighted by molar-refractivity contribution is -0.116. The summed E-state index contributed by atoms with van der Waals surface area (Å²) in [6, 6.07) is 2.68. The van der Waals surface area contributed by atoms with Gasteiger partial charge in [0, 0.05) is 12.1 Å². The van der Waals surface area contributed by atoms with Gasteiger partial charge in [-0.2, -0.15) is 0 Å². The maximum atomic E-state index is 13.2. The van der Waals surface area contributed by atoms with Crippen molar-refractivity contribution in [1.29, 1.82) is 0 Å². The van der Waals surface area contributed by atoms with Gasteiger partial charge in [-0.3, -0.25) is 4.79 Å². The van der Waals surface area contributed by atoms with Crippen molar-refractivity contribution in [3.05, 3.63) is 28.0 Å². The van der Waals surface area contributed by atoms with E-state index in [1.54, 1.807) is 0 Å². The van der Waals surface area contributed by atoms with Crippen LogP contribution in [0.4, 0.5) is 10.1 Å². The molecule has 0 saturated heterocycles. The Balaban J connectivity index is 2.59. The fourth-order valence-electron chi connectivity index (χ4n) is 1.82. The largest absolute Gasteiger partial charge is 0.330 e. The van der Waals surface area contributed by atoms with Crippen LogP contribution in [0.1, 0.15) is 33.1 Å². The van der Waals surface area contributed by atoms with Crippen LogP contribution in [0.5, 0.6) is 0 Å². The predicted octanol–water partition coefficient (Wildman–Crippen LogP) is 4.23. The Bertz CT molecular complexity index is 469. The fourth-order valence-corrected chi connectivity index (χ4v) is 2.31. The Kier molecular flexibility index (Phi) is 6.24. The van der Waals surface area contributed by atoms with Crippen molar-refractivity contribution in [1.82, 2.24) is 0 Å². The van der Waals surface area contributed by atoms with Gasteiger partial charge in [-0.1, -0.05) is 37.0 Å². The third kappa shape index (κ3) is 5.27. The summed E-state index contributed by atoms with van der Waals surface area (Å²) in [6.45, 7) is 4.73. The highest BCUT2D eigenvalue weighted by atomic mass is 35.5. The number of carbonyl (C=O) groups is 1. The molecule has 0 aromatic heterocycles. The third-order valence-corrected chi connectivity index (χ3v) is 3.67. The van der Waals surface area contributed by atoms with Crippen LogP contribution in [0.3, 0.4) is 0 Å². The van der Waals surface area contributed by atoms with Crippen molar-refractivity contribution in [3.8, 4) is 0 Å². The van der Waals surface area contributed by atoms with E-state index in [2.05, 4.69) is 19.2 Å². The molecule has 6 heteroatoms. The van der Waals surface area contributed by atoms with E-state index in [1.165, 1.54) is 12.1 Å². The molecule has 0 atom stereocenters. The van der Waals surface area contributed by atoms with E-state index in [1.807, 2.05) is 0 Å². The van der Waals surface area contributed by atoms with Crippen molar-refractivity contribution in [2.24, 2.45) is 11.1 Å². The Morgan fingerprint density at radius 2 is 1.85 bits per heavy atom. The quantitative estimate of drug-likeness (QED) is 0.771. The number of halogens is 3. The van der Waals surface area contributed by atoms with Gasteiger partial charge < -0.3 is 11.1 Å². The number of amides is 1. The fraction of sp³-hybridized carbons (Fsp3) is 0.500. The van der Waals surface area contributed by atoms with E-state index in [9.17, 15) is 9.18 Å². The molecule has 0 heterocycles.